The lowest BCUT2D eigenvalue weighted by atomic mass is 9.94. The van der Waals surface area contributed by atoms with Gasteiger partial charge in [-0.2, -0.15) is 13.2 Å². The first kappa shape index (κ1) is 18.6. The summed E-state index contributed by atoms with van der Waals surface area (Å²) in [6, 6.07) is 17.7. The second kappa shape index (κ2) is 6.80. The molecule has 2 heterocycles. The van der Waals surface area contributed by atoms with E-state index in [-0.39, 0.29) is 5.56 Å². The predicted octanol–water partition coefficient (Wildman–Crippen LogP) is 6.71. The minimum Gasteiger partial charge on any atom is -0.256 e. The number of benzene rings is 2. The van der Waals surface area contributed by atoms with Gasteiger partial charge in [-0.3, -0.25) is 9.97 Å². The van der Waals surface area contributed by atoms with Gasteiger partial charge in [-0.1, -0.05) is 18.2 Å². The summed E-state index contributed by atoms with van der Waals surface area (Å²) in [5, 5.41) is 0. The Bertz CT molecular complexity index is 1250. The predicted molar refractivity (Wildman–Crippen MR) is 111 cm³/mol. The molecule has 0 saturated carbocycles. The molecule has 5 rings (SSSR count). The molecule has 0 atom stereocenters. The first-order valence-corrected chi connectivity index (χ1v) is 9.62. The van der Waals surface area contributed by atoms with Crippen LogP contribution in [0.4, 0.5) is 13.2 Å². The average molecular weight is 402 g/mol. The van der Waals surface area contributed by atoms with E-state index in [0.717, 1.165) is 33.5 Å². The van der Waals surface area contributed by atoms with Gasteiger partial charge in [-0.05, 0) is 83.6 Å². The second-order valence-electron chi connectivity index (χ2n) is 7.48. The number of halogens is 3. The van der Waals surface area contributed by atoms with Crippen LogP contribution >= 0.6 is 0 Å². The van der Waals surface area contributed by atoms with Gasteiger partial charge < -0.3 is 0 Å². The Morgan fingerprint density at radius 3 is 1.83 bits per heavy atom. The second-order valence-corrected chi connectivity index (χ2v) is 7.48. The van der Waals surface area contributed by atoms with Crippen LogP contribution in [0, 0.1) is 6.92 Å². The zero-order valence-corrected chi connectivity index (χ0v) is 16.2. The molecule has 0 amide bonds. The summed E-state index contributed by atoms with van der Waals surface area (Å²) in [5.74, 6) is 0. The summed E-state index contributed by atoms with van der Waals surface area (Å²) >= 11 is 0. The number of aryl methyl sites for hydroxylation is 1. The maximum Gasteiger partial charge on any atom is 0.417 e. The number of hydrogen-bond acceptors (Lipinski definition) is 2. The van der Waals surface area contributed by atoms with E-state index in [2.05, 4.69) is 16.0 Å². The highest BCUT2D eigenvalue weighted by Gasteiger charge is 2.36. The average Bonchev–Trinajstić information content (AvgIpc) is 3.09. The van der Waals surface area contributed by atoms with Crippen LogP contribution in [0.15, 0.2) is 73.1 Å². The zero-order valence-electron chi connectivity index (χ0n) is 16.2. The molecule has 5 heteroatoms. The molecule has 2 nitrogen and oxygen atoms in total. The maximum atomic E-state index is 13.9. The highest BCUT2D eigenvalue weighted by Crippen LogP contribution is 2.46. The smallest absolute Gasteiger partial charge is 0.256 e. The SMILES string of the molecule is Cc1cc2c(cc1-c1ccccn1)Cc1cc(-c3ccccn3)c(C(F)(F)F)cc1-2. The van der Waals surface area contributed by atoms with Crippen molar-refractivity contribution in [1.29, 1.82) is 0 Å². The molecule has 2 aromatic heterocycles. The van der Waals surface area contributed by atoms with Gasteiger partial charge in [0, 0.05) is 23.5 Å². The summed E-state index contributed by atoms with van der Waals surface area (Å²) in [4.78, 5) is 8.59. The lowest BCUT2D eigenvalue weighted by molar-refractivity contribution is -0.137. The first-order valence-electron chi connectivity index (χ1n) is 9.62. The lowest BCUT2D eigenvalue weighted by Gasteiger charge is -2.15. The Morgan fingerprint density at radius 2 is 1.27 bits per heavy atom. The third kappa shape index (κ3) is 3.07. The van der Waals surface area contributed by atoms with Crippen molar-refractivity contribution < 1.29 is 13.2 Å². The highest BCUT2D eigenvalue weighted by molar-refractivity contribution is 5.84. The van der Waals surface area contributed by atoms with E-state index in [1.807, 2.05) is 31.2 Å². The molecule has 0 fully saturated rings. The molecule has 0 unspecified atom stereocenters. The Hall–Kier alpha value is -3.47. The molecule has 4 aromatic rings. The van der Waals surface area contributed by atoms with E-state index in [1.165, 1.54) is 12.3 Å². The van der Waals surface area contributed by atoms with Gasteiger partial charge in [0.2, 0.25) is 0 Å². The summed E-state index contributed by atoms with van der Waals surface area (Å²) in [5.41, 5.74) is 6.06. The highest BCUT2D eigenvalue weighted by atomic mass is 19.4. The number of nitrogens with zero attached hydrogens (tertiary/aromatic N) is 2. The van der Waals surface area contributed by atoms with E-state index in [0.29, 0.717) is 17.7 Å². The van der Waals surface area contributed by atoms with Crippen molar-refractivity contribution in [3.63, 3.8) is 0 Å². The molecule has 1 aliphatic rings. The molecule has 0 saturated heterocycles. The number of aromatic nitrogens is 2. The van der Waals surface area contributed by atoms with Crippen LogP contribution in [0.5, 0.6) is 0 Å². The molecule has 0 spiro atoms. The van der Waals surface area contributed by atoms with Crippen molar-refractivity contribution in [2.75, 3.05) is 0 Å². The third-order valence-corrected chi connectivity index (χ3v) is 5.55. The van der Waals surface area contributed by atoms with Crippen LogP contribution in [-0.4, -0.2) is 9.97 Å². The van der Waals surface area contributed by atoms with Gasteiger partial charge in [-0.25, -0.2) is 0 Å². The van der Waals surface area contributed by atoms with Crippen molar-refractivity contribution in [3.8, 4) is 33.6 Å². The number of fused-ring (bicyclic) bond motifs is 3. The van der Waals surface area contributed by atoms with Crippen LogP contribution in [-0.2, 0) is 12.6 Å². The Morgan fingerprint density at radius 1 is 0.700 bits per heavy atom. The largest absolute Gasteiger partial charge is 0.417 e. The van der Waals surface area contributed by atoms with Gasteiger partial charge >= 0.3 is 6.18 Å². The third-order valence-electron chi connectivity index (χ3n) is 5.55. The van der Waals surface area contributed by atoms with E-state index < -0.39 is 11.7 Å². The summed E-state index contributed by atoms with van der Waals surface area (Å²) in [7, 11) is 0. The molecule has 0 radical (unpaired) electrons. The Balaban J connectivity index is 1.69. The lowest BCUT2D eigenvalue weighted by Crippen LogP contribution is -2.08. The van der Waals surface area contributed by atoms with Crippen molar-refractivity contribution in [1.82, 2.24) is 9.97 Å². The monoisotopic (exact) mass is 402 g/mol. The quantitative estimate of drug-likeness (QED) is 0.328. The number of hydrogen-bond donors (Lipinski definition) is 0. The van der Waals surface area contributed by atoms with Crippen molar-refractivity contribution >= 4 is 0 Å². The standard InChI is InChI=1S/C25H17F3N2/c1-15-10-19-16(12-18(15)23-6-2-4-8-29-23)11-17-13-21(24-7-3-5-9-30-24)22(14-20(17)19)25(26,27)28/h2-10,12-14H,11H2,1H3. The molecule has 148 valence electrons. The van der Waals surface area contributed by atoms with Gasteiger partial charge in [0.05, 0.1) is 17.0 Å². The number of rotatable bonds is 2. The summed E-state index contributed by atoms with van der Waals surface area (Å²) < 4.78 is 41.7. The molecule has 2 aromatic carbocycles. The molecule has 1 aliphatic carbocycles. The van der Waals surface area contributed by atoms with E-state index in [4.69, 9.17) is 0 Å². The summed E-state index contributed by atoms with van der Waals surface area (Å²) in [6.07, 6.45) is -0.623. The minimum atomic E-state index is -4.46. The Labute approximate surface area is 172 Å². The van der Waals surface area contributed by atoms with E-state index in [1.54, 1.807) is 30.5 Å². The van der Waals surface area contributed by atoms with E-state index in [9.17, 15) is 13.2 Å². The zero-order chi connectivity index (χ0) is 20.9. The van der Waals surface area contributed by atoms with Gasteiger partial charge in [0.15, 0.2) is 0 Å². The van der Waals surface area contributed by atoms with E-state index >= 15 is 0 Å². The maximum absolute atomic E-state index is 13.9. The van der Waals surface area contributed by atoms with Crippen molar-refractivity contribution in [2.24, 2.45) is 0 Å². The molecular formula is C25H17F3N2. The molecule has 0 bridgehead atoms. The van der Waals surface area contributed by atoms with Crippen molar-refractivity contribution in [2.45, 2.75) is 19.5 Å². The van der Waals surface area contributed by atoms with Crippen LogP contribution in [0.25, 0.3) is 33.6 Å². The van der Waals surface area contributed by atoms with Gasteiger partial charge in [0.25, 0.3) is 0 Å². The van der Waals surface area contributed by atoms with Gasteiger partial charge in [-0.15, -0.1) is 0 Å². The first-order chi connectivity index (χ1) is 14.4. The number of pyridine rings is 2. The fourth-order valence-corrected chi connectivity index (χ4v) is 4.16. The number of alkyl halides is 3. The minimum absolute atomic E-state index is 0.122. The topological polar surface area (TPSA) is 25.8 Å². The normalized spacial score (nSPS) is 12.5. The van der Waals surface area contributed by atoms with Crippen molar-refractivity contribution in [3.05, 3.63) is 95.3 Å². The molecular weight excluding hydrogens is 385 g/mol. The molecule has 0 aliphatic heterocycles. The molecule has 0 N–H and O–H groups in total. The fraction of sp³-hybridized carbons (Fsp3) is 0.120. The Kier molecular flexibility index (Phi) is 4.21. The van der Waals surface area contributed by atoms with Crippen LogP contribution in [0.2, 0.25) is 0 Å². The molecule has 30 heavy (non-hydrogen) atoms. The van der Waals surface area contributed by atoms with Crippen LogP contribution < -0.4 is 0 Å². The van der Waals surface area contributed by atoms with Crippen LogP contribution in [0.3, 0.4) is 0 Å². The van der Waals surface area contributed by atoms with Crippen LogP contribution in [0.1, 0.15) is 22.3 Å². The summed E-state index contributed by atoms with van der Waals surface area (Å²) in [6.45, 7) is 1.97. The fourth-order valence-electron chi connectivity index (χ4n) is 4.16. The van der Waals surface area contributed by atoms with Gasteiger partial charge in [0.1, 0.15) is 0 Å².